The second-order valence-corrected chi connectivity index (χ2v) is 44.6. The molecule has 18 fully saturated rings. The van der Waals surface area contributed by atoms with Crippen molar-refractivity contribution in [1.29, 1.82) is 0 Å². The molecule has 0 aromatic rings. The van der Waals surface area contributed by atoms with Gasteiger partial charge in [0, 0.05) is 12.8 Å². The number of rotatable bonds is 26. The van der Waals surface area contributed by atoms with E-state index in [-0.39, 0.29) is 65.0 Å². The van der Waals surface area contributed by atoms with Crippen LogP contribution >= 0.6 is 0 Å². The van der Waals surface area contributed by atoms with Gasteiger partial charge in [-0.3, -0.25) is 19.2 Å². The molecule has 624 valence electrons. The molecule has 110 heavy (non-hydrogen) atoms. The van der Waals surface area contributed by atoms with Crippen molar-refractivity contribution in [3.63, 3.8) is 0 Å². The van der Waals surface area contributed by atoms with Crippen molar-refractivity contribution in [1.82, 2.24) is 0 Å². The van der Waals surface area contributed by atoms with E-state index >= 15 is 0 Å². The third kappa shape index (κ3) is 15.6. The molecule has 0 aliphatic heterocycles. The van der Waals surface area contributed by atoms with Gasteiger partial charge in [-0.15, -0.1) is 0 Å². The van der Waals surface area contributed by atoms with Crippen molar-refractivity contribution in [3.05, 3.63) is 0 Å². The van der Waals surface area contributed by atoms with Gasteiger partial charge in [-0.2, -0.15) is 0 Å². The van der Waals surface area contributed by atoms with Gasteiger partial charge in [0.1, 0.15) is 22.4 Å². The highest BCUT2D eigenvalue weighted by Crippen LogP contribution is 2.71. The molecular weight excluding hydrogens is 1360 g/mol. The molecule has 36 unspecified atom stereocenters. The lowest BCUT2D eigenvalue weighted by atomic mass is 9.65. The Hall–Kier alpha value is -2.20. The van der Waals surface area contributed by atoms with E-state index in [9.17, 15) is 29.4 Å². The topological polar surface area (TPSA) is 146 Å². The Kier molecular flexibility index (Phi) is 25.3. The minimum absolute atomic E-state index is 0.0774. The van der Waals surface area contributed by atoms with Crippen LogP contribution in [0.5, 0.6) is 0 Å². The Labute approximate surface area is 670 Å². The van der Waals surface area contributed by atoms with E-state index in [0.717, 1.165) is 237 Å². The molecule has 0 aromatic carbocycles. The average Bonchev–Trinajstić information content (AvgIpc) is 1.24. The first kappa shape index (κ1) is 82.9. The van der Waals surface area contributed by atoms with Gasteiger partial charge in [0.2, 0.25) is 0 Å². The number of carbonyl (C=O) groups excluding carboxylic acids is 4. The van der Waals surface area contributed by atoms with Crippen LogP contribution in [-0.4, -0.2) is 68.2 Å². The van der Waals surface area contributed by atoms with Crippen molar-refractivity contribution < 1.29 is 48.3 Å². The minimum atomic E-state index is -0.930. The normalized spacial score (nSPS) is 47.5. The van der Waals surface area contributed by atoms with Crippen LogP contribution in [0.4, 0.5) is 0 Å². The summed E-state index contributed by atoms with van der Waals surface area (Å²) >= 11 is 0. The van der Waals surface area contributed by atoms with Crippen LogP contribution in [0.3, 0.4) is 0 Å². The smallest absolute Gasteiger partial charge is 0.309 e. The monoisotopic (exact) mass is 1530 g/mol. The first-order chi connectivity index (χ1) is 52.8. The standard InChI is InChI=1S/C26H42O3.C26H44O3.C25H40O2.C23H38O2/c1-4-16-9-17(5-2)25-22-12-19(24(16)25)10-18(22)11-21(27)13-23(28)29-26(3)14-15-6-7-20(26)8-15;1-6-17-12-18(7-2)24-20-13-19(23(17)24)14-21(20)25(5,28)15-22(27)29-26(16(3)4)10-8-9-11-26;1-4-16-10-17(5-2)24-21-12-19(23(16)24)11-18(21)13-22(26)27-25(6-3)14-15-7-8-20(25)9-15;1-4-15-12-16(5-2)22-19-14-18(21(15)22)13-17(19)8-9-20(24)25-23(3)10-6-7-11-23/h15-22,24-25,27H,4-14H2,1-3H3;16-21,23-24,28H,6-15H2,1-5H3;15-21,23-24H,4-14H2,1-3H3;15-19,21-22H,4-14H2,1-3H3. The minimum Gasteiger partial charge on any atom is -0.459 e. The maximum atomic E-state index is 13.0. The van der Waals surface area contributed by atoms with Crippen LogP contribution in [0.1, 0.15) is 373 Å². The first-order valence-electron chi connectivity index (χ1n) is 49.0. The fourth-order valence-corrected chi connectivity index (χ4v) is 35.0. The Morgan fingerprint density at radius 2 is 0.864 bits per heavy atom. The van der Waals surface area contributed by atoms with E-state index in [4.69, 9.17) is 18.9 Å². The second-order valence-electron chi connectivity index (χ2n) is 44.6. The van der Waals surface area contributed by atoms with E-state index in [1.165, 1.54) is 173 Å². The molecule has 18 aliphatic rings. The summed E-state index contributed by atoms with van der Waals surface area (Å²) in [5.74, 6) is 27.0. The van der Waals surface area contributed by atoms with Crippen LogP contribution in [0, 0.1) is 195 Å². The van der Waals surface area contributed by atoms with Crippen molar-refractivity contribution in [2.24, 2.45) is 195 Å². The number of aliphatic hydroxyl groups excluding tert-OH is 1. The summed E-state index contributed by atoms with van der Waals surface area (Å²) in [6, 6.07) is 0. The Morgan fingerprint density at radius 3 is 1.33 bits per heavy atom. The lowest BCUT2D eigenvalue weighted by Gasteiger charge is -2.42. The number of fused-ring (bicyclic) bond motifs is 24. The predicted octanol–water partition coefficient (Wildman–Crippen LogP) is 23.8. The average molecular weight is 1530 g/mol. The molecule has 0 radical (unpaired) electrons. The summed E-state index contributed by atoms with van der Waals surface area (Å²) in [7, 11) is 0. The van der Waals surface area contributed by atoms with Crippen LogP contribution in [-0.2, 0) is 38.1 Å². The quantitative estimate of drug-likeness (QED) is 0.0634. The maximum absolute atomic E-state index is 13.0. The van der Waals surface area contributed by atoms with Crippen LogP contribution in [0.15, 0.2) is 0 Å². The van der Waals surface area contributed by atoms with Crippen LogP contribution in [0.25, 0.3) is 0 Å². The van der Waals surface area contributed by atoms with Gasteiger partial charge in [0.25, 0.3) is 0 Å². The van der Waals surface area contributed by atoms with Gasteiger partial charge in [0.15, 0.2) is 0 Å². The molecule has 18 saturated carbocycles. The SMILES string of the molecule is CCC1CC(CC)C2C3CC(CC3C(C)(O)CC(=O)OC3(C(C)C)CCCC3)C12.CCC1CC(CC)C2C3CC(CC3CC(=O)OC3(CC)CC4CCC3C4)C12.CCC1CC(CC)C2C3CC(CC3CC(O)CC(=O)OC3(C)CC4CCC3C4)C12.CCC1CC(CC)C2C3CC(CC3CCC(=O)OC3(C)CCCC3)C12. The maximum Gasteiger partial charge on any atom is 0.309 e. The molecule has 0 aromatic heterocycles. The highest BCUT2D eigenvalue weighted by atomic mass is 16.6. The van der Waals surface area contributed by atoms with Gasteiger partial charge >= 0.3 is 23.9 Å². The molecule has 10 nitrogen and oxygen atoms in total. The Balaban J connectivity index is 0.000000117. The van der Waals surface area contributed by atoms with Crippen LogP contribution < -0.4 is 0 Å². The zero-order valence-corrected chi connectivity index (χ0v) is 72.7. The number of ether oxygens (including phenoxy) is 4. The number of esters is 4. The molecule has 10 heteroatoms. The lowest BCUT2D eigenvalue weighted by Crippen LogP contribution is -2.46. The first-order valence-corrected chi connectivity index (χ1v) is 49.0. The van der Waals surface area contributed by atoms with Crippen LogP contribution in [0.2, 0.25) is 0 Å². The number of aliphatic hydroxyl groups is 2. The number of hydrogen-bond acceptors (Lipinski definition) is 10. The summed E-state index contributed by atoms with van der Waals surface area (Å²) in [5.41, 5.74) is -1.72. The molecule has 18 rings (SSSR count). The van der Waals surface area contributed by atoms with Gasteiger partial charge in [0.05, 0.1) is 24.5 Å². The third-order valence-corrected chi connectivity index (χ3v) is 39.5. The van der Waals surface area contributed by atoms with Gasteiger partial charge in [-0.05, 0) is 415 Å². The molecule has 36 atom stereocenters. The highest BCUT2D eigenvalue weighted by Gasteiger charge is 2.66. The van der Waals surface area contributed by atoms with E-state index in [0.29, 0.717) is 41.9 Å². The van der Waals surface area contributed by atoms with Crippen molar-refractivity contribution in [3.8, 4) is 0 Å². The molecule has 0 heterocycles. The zero-order chi connectivity index (χ0) is 77.7. The largest absolute Gasteiger partial charge is 0.459 e. The summed E-state index contributed by atoms with van der Waals surface area (Å²) in [4.78, 5) is 51.0. The summed E-state index contributed by atoms with van der Waals surface area (Å²) < 4.78 is 24.2. The van der Waals surface area contributed by atoms with Gasteiger partial charge in [-0.1, -0.05) is 128 Å². The molecular formula is C100H164O10. The molecule has 0 amide bonds. The van der Waals surface area contributed by atoms with E-state index in [1.807, 2.05) is 6.92 Å². The highest BCUT2D eigenvalue weighted by molar-refractivity contribution is 5.72. The van der Waals surface area contributed by atoms with Gasteiger partial charge < -0.3 is 29.2 Å². The molecule has 12 bridgehead atoms. The Morgan fingerprint density at radius 1 is 0.427 bits per heavy atom. The molecule has 18 aliphatic carbocycles. The molecule has 0 saturated heterocycles. The molecule has 2 N–H and O–H groups in total. The van der Waals surface area contributed by atoms with E-state index < -0.39 is 11.7 Å². The number of carbonyl (C=O) groups is 4. The summed E-state index contributed by atoms with van der Waals surface area (Å²) in [6.45, 7) is 31.9. The zero-order valence-electron chi connectivity index (χ0n) is 72.7. The summed E-state index contributed by atoms with van der Waals surface area (Å²) in [6.07, 6.45) is 50.1. The van der Waals surface area contributed by atoms with Crippen molar-refractivity contribution >= 4 is 23.9 Å². The van der Waals surface area contributed by atoms with Crippen molar-refractivity contribution in [2.45, 2.75) is 407 Å². The predicted molar refractivity (Wildman–Crippen MR) is 439 cm³/mol. The Bertz CT molecular complexity index is 3120. The second kappa shape index (κ2) is 33.5. The molecule has 0 spiro atoms. The van der Waals surface area contributed by atoms with Crippen molar-refractivity contribution in [2.75, 3.05) is 0 Å². The van der Waals surface area contributed by atoms with Gasteiger partial charge in [-0.25, -0.2) is 0 Å². The third-order valence-electron chi connectivity index (χ3n) is 39.5. The van der Waals surface area contributed by atoms with E-state index in [1.54, 1.807) is 0 Å². The fraction of sp³-hybridized carbons (Fsp3) is 0.960. The number of hydrogen-bond donors (Lipinski definition) is 2. The lowest BCUT2D eigenvalue weighted by molar-refractivity contribution is -0.173. The summed E-state index contributed by atoms with van der Waals surface area (Å²) in [5, 5.41) is 22.3. The van der Waals surface area contributed by atoms with E-state index in [2.05, 4.69) is 90.0 Å². The fourth-order valence-electron chi connectivity index (χ4n) is 35.0.